The van der Waals surface area contributed by atoms with Crippen molar-refractivity contribution >= 4 is 53.1 Å². The zero-order chi connectivity index (χ0) is 17.0. The molecule has 0 amide bonds. The summed E-state index contributed by atoms with van der Waals surface area (Å²) in [6, 6.07) is 9.11. The normalized spacial score (nSPS) is 12.4. The van der Waals surface area contributed by atoms with Crippen molar-refractivity contribution in [3.63, 3.8) is 0 Å². The van der Waals surface area contributed by atoms with Crippen molar-refractivity contribution in [2.75, 3.05) is 0 Å². The first-order valence-electron chi connectivity index (χ1n) is 6.85. The highest BCUT2D eigenvalue weighted by atomic mass is 127. The van der Waals surface area contributed by atoms with Crippen molar-refractivity contribution in [1.29, 1.82) is 0 Å². The molecule has 4 nitrogen and oxygen atoms in total. The molecule has 4 N–H and O–H groups in total. The molecule has 0 radical (unpaired) electrons. The van der Waals surface area contributed by atoms with Crippen LogP contribution < -0.4 is 11.1 Å². The van der Waals surface area contributed by atoms with Crippen molar-refractivity contribution < 1.29 is 9.50 Å². The summed E-state index contributed by atoms with van der Waals surface area (Å²) in [5.74, 6) is -0.877. The number of aliphatic imine (C=N–C) groups is 1. The summed E-state index contributed by atoms with van der Waals surface area (Å²) in [6.45, 7) is 2.08. The van der Waals surface area contributed by atoms with E-state index in [1.54, 1.807) is 18.2 Å². The predicted molar refractivity (Wildman–Crippen MR) is 107 cm³/mol. The minimum absolute atomic E-state index is 0. The number of nitrogens with two attached hydrogens (primary N) is 1. The molecule has 1 atom stereocenters. The first-order valence-corrected chi connectivity index (χ1v) is 7.61. The van der Waals surface area contributed by atoms with Crippen LogP contribution in [0.5, 0.6) is 5.75 Å². The van der Waals surface area contributed by atoms with Crippen LogP contribution in [-0.2, 0) is 6.54 Å². The Bertz CT molecular complexity index is 743. The van der Waals surface area contributed by atoms with E-state index < -0.39 is 11.6 Å². The average Bonchev–Trinajstić information content (AvgIpc) is 2.48. The molecule has 1 unspecified atom stereocenters. The molecule has 2 aromatic carbocycles. The number of hydrogen-bond acceptors (Lipinski definition) is 2. The summed E-state index contributed by atoms with van der Waals surface area (Å²) in [7, 11) is 0. The molecule has 0 heterocycles. The van der Waals surface area contributed by atoms with Crippen LogP contribution in [0.3, 0.4) is 0 Å². The highest BCUT2D eigenvalue weighted by Gasteiger charge is 2.10. The maximum Gasteiger partial charge on any atom is 0.189 e. The Labute approximate surface area is 166 Å². The van der Waals surface area contributed by atoms with Crippen LogP contribution in [0.1, 0.15) is 24.1 Å². The third-order valence-corrected chi connectivity index (χ3v) is 3.80. The number of benzene rings is 2. The van der Waals surface area contributed by atoms with Crippen molar-refractivity contribution in [3.05, 3.63) is 63.4 Å². The van der Waals surface area contributed by atoms with E-state index in [0.29, 0.717) is 15.6 Å². The molecule has 2 aromatic rings. The van der Waals surface area contributed by atoms with E-state index in [2.05, 4.69) is 10.3 Å². The Kier molecular flexibility index (Phi) is 8.05. The zero-order valence-electron chi connectivity index (χ0n) is 12.8. The minimum atomic E-state index is -0.689. The second-order valence-corrected chi connectivity index (χ2v) is 5.86. The van der Waals surface area contributed by atoms with Gasteiger partial charge in [0.2, 0.25) is 0 Å². The van der Waals surface area contributed by atoms with Crippen molar-refractivity contribution in [3.8, 4) is 5.75 Å². The highest BCUT2D eigenvalue weighted by molar-refractivity contribution is 14.0. The first kappa shape index (κ1) is 20.8. The van der Waals surface area contributed by atoms with Gasteiger partial charge in [0.05, 0.1) is 12.6 Å². The van der Waals surface area contributed by atoms with E-state index >= 15 is 0 Å². The van der Waals surface area contributed by atoms with Gasteiger partial charge in [0, 0.05) is 10.0 Å². The van der Waals surface area contributed by atoms with E-state index in [1.165, 1.54) is 12.1 Å². The van der Waals surface area contributed by atoms with E-state index in [1.807, 2.05) is 13.0 Å². The molecule has 0 bridgehead atoms. The molecule has 0 aromatic heterocycles. The molecule has 0 aliphatic carbocycles. The first-order chi connectivity index (χ1) is 10.9. The number of rotatable bonds is 4. The van der Waals surface area contributed by atoms with Gasteiger partial charge in [-0.3, -0.25) is 0 Å². The van der Waals surface area contributed by atoms with E-state index in [-0.39, 0.29) is 42.5 Å². The Morgan fingerprint density at radius 1 is 1.29 bits per heavy atom. The third-order valence-electron chi connectivity index (χ3n) is 3.24. The lowest BCUT2D eigenvalue weighted by Crippen LogP contribution is -2.34. The van der Waals surface area contributed by atoms with Crippen LogP contribution in [0.4, 0.5) is 4.39 Å². The molecule has 24 heavy (non-hydrogen) atoms. The fourth-order valence-corrected chi connectivity index (χ4v) is 2.60. The summed E-state index contributed by atoms with van der Waals surface area (Å²) < 4.78 is 13.2. The predicted octanol–water partition coefficient (Wildman–Crippen LogP) is 4.62. The van der Waals surface area contributed by atoms with Crippen LogP contribution in [0.2, 0.25) is 10.0 Å². The maximum absolute atomic E-state index is 13.2. The molecule has 0 spiro atoms. The molecule has 0 aliphatic rings. The van der Waals surface area contributed by atoms with Crippen molar-refractivity contribution in [2.45, 2.75) is 19.5 Å². The summed E-state index contributed by atoms with van der Waals surface area (Å²) >= 11 is 12.0. The molecule has 8 heteroatoms. The second kappa shape index (κ2) is 9.29. The Hall–Kier alpha value is -1.25. The van der Waals surface area contributed by atoms with Gasteiger partial charge in [0.25, 0.3) is 0 Å². The summed E-state index contributed by atoms with van der Waals surface area (Å²) in [4.78, 5) is 4.14. The van der Waals surface area contributed by atoms with Gasteiger partial charge in [-0.1, -0.05) is 35.3 Å². The smallest absolute Gasteiger partial charge is 0.189 e. The number of nitrogens with one attached hydrogen (secondary N) is 1. The van der Waals surface area contributed by atoms with Crippen LogP contribution >= 0.6 is 47.2 Å². The average molecular weight is 484 g/mol. The Morgan fingerprint density at radius 2 is 2.00 bits per heavy atom. The lowest BCUT2D eigenvalue weighted by atomic mass is 10.1. The summed E-state index contributed by atoms with van der Waals surface area (Å²) in [5.41, 5.74) is 7.27. The zero-order valence-corrected chi connectivity index (χ0v) is 16.6. The molecule has 0 aliphatic heterocycles. The maximum atomic E-state index is 13.2. The van der Waals surface area contributed by atoms with Crippen LogP contribution in [-0.4, -0.2) is 11.1 Å². The van der Waals surface area contributed by atoms with Crippen LogP contribution in [0.25, 0.3) is 0 Å². The van der Waals surface area contributed by atoms with Gasteiger partial charge < -0.3 is 16.2 Å². The Balaban J connectivity index is 0.00000288. The lowest BCUT2D eigenvalue weighted by molar-refractivity contribution is 0.432. The SMILES string of the molecule is CC(NC(N)=NCc1ccc(O)c(F)c1)c1ccc(Cl)cc1Cl.I. The number of halogens is 4. The molecule has 0 saturated carbocycles. The number of aromatic hydroxyl groups is 1. The standard InChI is InChI=1S/C16H16Cl2FN3O.HI/c1-9(12-4-3-11(17)7-13(12)18)22-16(20)21-8-10-2-5-15(23)14(19)6-10;/h2-7,9,23H,8H2,1H3,(H3,20,21,22);1H. The topological polar surface area (TPSA) is 70.6 Å². The number of nitrogens with zero attached hydrogens (tertiary/aromatic N) is 1. The van der Waals surface area contributed by atoms with Gasteiger partial charge in [0.1, 0.15) is 0 Å². The minimum Gasteiger partial charge on any atom is -0.505 e. The quantitative estimate of drug-likeness (QED) is 0.337. The van der Waals surface area contributed by atoms with E-state index in [4.69, 9.17) is 34.0 Å². The third kappa shape index (κ3) is 5.68. The van der Waals surface area contributed by atoms with Crippen molar-refractivity contribution in [2.24, 2.45) is 10.7 Å². The fourth-order valence-electron chi connectivity index (χ4n) is 2.02. The van der Waals surface area contributed by atoms with Crippen LogP contribution in [0.15, 0.2) is 41.4 Å². The lowest BCUT2D eigenvalue weighted by Gasteiger charge is -2.16. The molecular weight excluding hydrogens is 467 g/mol. The Morgan fingerprint density at radius 3 is 2.62 bits per heavy atom. The van der Waals surface area contributed by atoms with Gasteiger partial charge in [-0.25, -0.2) is 9.38 Å². The molecule has 0 saturated heterocycles. The summed E-state index contributed by atoms with van der Waals surface area (Å²) in [5, 5.41) is 13.2. The van der Waals surface area contributed by atoms with Crippen molar-refractivity contribution in [1.82, 2.24) is 5.32 Å². The van der Waals surface area contributed by atoms with Crippen LogP contribution in [0, 0.1) is 5.82 Å². The fraction of sp³-hybridized carbons (Fsp3) is 0.188. The monoisotopic (exact) mass is 483 g/mol. The van der Waals surface area contributed by atoms with Gasteiger partial charge in [0.15, 0.2) is 17.5 Å². The molecule has 0 fully saturated rings. The van der Waals surface area contributed by atoms with Gasteiger partial charge in [-0.05, 0) is 42.3 Å². The number of guanidine groups is 1. The number of phenols is 1. The molecular formula is C16H17Cl2FIN3O. The number of hydrogen-bond donors (Lipinski definition) is 3. The van der Waals surface area contributed by atoms with Gasteiger partial charge in [-0.2, -0.15) is 0 Å². The molecule has 2 rings (SSSR count). The van der Waals surface area contributed by atoms with Gasteiger partial charge >= 0.3 is 0 Å². The van der Waals surface area contributed by atoms with E-state index in [9.17, 15) is 4.39 Å². The second-order valence-electron chi connectivity index (χ2n) is 5.02. The molecule has 130 valence electrons. The van der Waals surface area contributed by atoms with E-state index in [0.717, 1.165) is 5.56 Å². The van der Waals surface area contributed by atoms with Gasteiger partial charge in [-0.15, -0.1) is 24.0 Å². The number of phenolic OH excluding ortho intramolecular Hbond substituents is 1. The largest absolute Gasteiger partial charge is 0.505 e. The summed E-state index contributed by atoms with van der Waals surface area (Å²) in [6.07, 6.45) is 0. The highest BCUT2D eigenvalue weighted by Crippen LogP contribution is 2.26.